The van der Waals surface area contributed by atoms with Crippen molar-refractivity contribution in [1.29, 1.82) is 0 Å². The molecule has 2 N–H and O–H groups in total. The molecule has 0 aliphatic heterocycles. The van der Waals surface area contributed by atoms with Crippen molar-refractivity contribution in [2.75, 3.05) is 0 Å². The molecule has 0 aromatic heterocycles. The number of nitrogens with two attached hydrogens (primary N) is 1. The van der Waals surface area contributed by atoms with Gasteiger partial charge >= 0.3 is 0 Å². The van der Waals surface area contributed by atoms with E-state index in [1.54, 1.807) is 0 Å². The lowest BCUT2D eigenvalue weighted by molar-refractivity contribution is 0.739. The average Bonchev–Trinajstić information content (AvgIpc) is 2.17. The van der Waals surface area contributed by atoms with Crippen LogP contribution in [0.2, 0.25) is 0 Å². The smallest absolute Gasteiger partial charge is 0.00509 e. The fourth-order valence-electron chi connectivity index (χ4n) is 1.74. The van der Waals surface area contributed by atoms with E-state index in [4.69, 9.17) is 5.73 Å². The Bertz CT molecular complexity index is 432. The molecule has 0 fully saturated rings. The van der Waals surface area contributed by atoms with Gasteiger partial charge < -0.3 is 5.73 Å². The van der Waals surface area contributed by atoms with Crippen LogP contribution in [0.1, 0.15) is 19.9 Å². The van der Waals surface area contributed by atoms with Crippen LogP contribution >= 0.6 is 0 Å². The van der Waals surface area contributed by atoms with Crippen LogP contribution in [0, 0.1) is 0 Å². The molecule has 0 amide bonds. The van der Waals surface area contributed by atoms with Crippen molar-refractivity contribution >= 4 is 10.8 Å². The molecule has 0 aliphatic rings. The van der Waals surface area contributed by atoms with E-state index in [-0.39, 0.29) is 13.5 Å². The molecular weight excluding hydrogens is 182 g/mol. The summed E-state index contributed by atoms with van der Waals surface area (Å²) in [5.74, 6) is 0. The molecule has 15 heavy (non-hydrogen) atoms. The zero-order chi connectivity index (χ0) is 9.97. The maximum atomic E-state index is 5.77. The minimum absolute atomic E-state index is 0. The average molecular weight is 201 g/mol. The summed E-state index contributed by atoms with van der Waals surface area (Å²) in [5.41, 5.74) is 7.09. The number of hydrogen-bond acceptors (Lipinski definition) is 1. The van der Waals surface area contributed by atoms with E-state index in [2.05, 4.69) is 42.5 Å². The molecule has 1 unspecified atom stereocenters. The first-order valence-electron chi connectivity index (χ1n) is 4.99. The number of hydrogen-bond donors (Lipinski definition) is 1. The van der Waals surface area contributed by atoms with Crippen LogP contribution < -0.4 is 5.73 Å². The summed E-state index contributed by atoms with van der Waals surface area (Å²) >= 11 is 0. The Balaban J connectivity index is 0.00000112. The van der Waals surface area contributed by atoms with Gasteiger partial charge in [-0.1, -0.05) is 49.9 Å². The quantitative estimate of drug-likeness (QED) is 0.792. The Kier molecular flexibility index (Phi) is 3.87. The van der Waals surface area contributed by atoms with Gasteiger partial charge in [0, 0.05) is 6.04 Å². The molecule has 2 aromatic carbocycles. The molecule has 0 aliphatic carbocycles. The summed E-state index contributed by atoms with van der Waals surface area (Å²) in [7, 11) is 0. The maximum absolute atomic E-state index is 5.77. The largest absolute Gasteiger partial charge is 0.328 e. The van der Waals surface area contributed by atoms with Crippen LogP contribution in [-0.4, -0.2) is 6.04 Å². The monoisotopic (exact) mass is 201 g/mol. The second kappa shape index (κ2) is 4.94. The van der Waals surface area contributed by atoms with Crippen LogP contribution in [0.3, 0.4) is 0 Å². The van der Waals surface area contributed by atoms with Gasteiger partial charge in [-0.3, -0.25) is 0 Å². The van der Waals surface area contributed by atoms with Crippen molar-refractivity contribution in [1.82, 2.24) is 0 Å². The van der Waals surface area contributed by atoms with Crippen LogP contribution in [0.15, 0.2) is 42.5 Å². The third-order valence-electron chi connectivity index (χ3n) is 2.37. The highest BCUT2D eigenvalue weighted by Gasteiger charge is 1.98. The summed E-state index contributed by atoms with van der Waals surface area (Å²) in [6.07, 6.45) is 0.949. The van der Waals surface area contributed by atoms with Crippen LogP contribution in [0.25, 0.3) is 10.8 Å². The highest BCUT2D eigenvalue weighted by Crippen LogP contribution is 2.16. The molecule has 1 atom stereocenters. The molecular formula is C14H19N. The maximum Gasteiger partial charge on any atom is 0.00509 e. The Labute approximate surface area is 91.9 Å². The Morgan fingerprint density at radius 2 is 1.73 bits per heavy atom. The molecule has 2 rings (SSSR count). The van der Waals surface area contributed by atoms with Crippen molar-refractivity contribution in [2.45, 2.75) is 26.8 Å². The zero-order valence-electron chi connectivity index (χ0n) is 8.40. The van der Waals surface area contributed by atoms with E-state index in [9.17, 15) is 0 Å². The van der Waals surface area contributed by atoms with Crippen LogP contribution in [-0.2, 0) is 6.42 Å². The fraction of sp³-hybridized carbons (Fsp3) is 0.286. The van der Waals surface area contributed by atoms with Gasteiger partial charge in [0.1, 0.15) is 0 Å². The zero-order valence-corrected chi connectivity index (χ0v) is 8.40. The first-order chi connectivity index (χ1) is 6.75. The minimum atomic E-state index is 0. The van der Waals surface area contributed by atoms with Crippen molar-refractivity contribution in [2.24, 2.45) is 5.73 Å². The summed E-state index contributed by atoms with van der Waals surface area (Å²) < 4.78 is 0. The third kappa shape index (κ3) is 2.80. The first kappa shape index (κ1) is 11.7. The second-order valence-electron chi connectivity index (χ2n) is 3.86. The van der Waals surface area contributed by atoms with Crippen molar-refractivity contribution < 1.29 is 0 Å². The van der Waals surface area contributed by atoms with Crippen molar-refractivity contribution in [3.05, 3.63) is 48.0 Å². The molecule has 0 saturated heterocycles. The van der Waals surface area contributed by atoms with Gasteiger partial charge in [0.15, 0.2) is 0 Å². The Morgan fingerprint density at radius 1 is 1.07 bits per heavy atom. The predicted molar refractivity (Wildman–Crippen MR) is 68.0 cm³/mol. The molecule has 0 heterocycles. The van der Waals surface area contributed by atoms with Gasteiger partial charge in [-0.2, -0.15) is 0 Å². The van der Waals surface area contributed by atoms with Gasteiger partial charge in [0.25, 0.3) is 0 Å². The molecule has 0 spiro atoms. The molecule has 80 valence electrons. The predicted octanol–water partition coefficient (Wildman–Crippen LogP) is 3.37. The SMILES string of the molecule is C.CC(N)Cc1ccc2ccccc2c1. The lowest BCUT2D eigenvalue weighted by atomic mass is 10.0. The Morgan fingerprint density at radius 3 is 2.40 bits per heavy atom. The highest BCUT2D eigenvalue weighted by molar-refractivity contribution is 5.82. The summed E-state index contributed by atoms with van der Waals surface area (Å²) in [4.78, 5) is 0. The molecule has 0 radical (unpaired) electrons. The van der Waals surface area contributed by atoms with Crippen LogP contribution in [0.5, 0.6) is 0 Å². The number of benzene rings is 2. The van der Waals surface area contributed by atoms with Gasteiger partial charge in [0.2, 0.25) is 0 Å². The first-order valence-corrected chi connectivity index (χ1v) is 4.99. The van der Waals surface area contributed by atoms with E-state index < -0.39 is 0 Å². The number of rotatable bonds is 2. The highest BCUT2D eigenvalue weighted by atomic mass is 14.6. The molecule has 0 saturated carbocycles. The van der Waals surface area contributed by atoms with Crippen molar-refractivity contribution in [3.63, 3.8) is 0 Å². The molecule has 0 bridgehead atoms. The minimum Gasteiger partial charge on any atom is -0.328 e. The standard InChI is InChI=1S/C13H15N.CH4/c1-10(14)8-11-6-7-12-4-2-3-5-13(12)9-11;/h2-7,9-10H,8,14H2,1H3;1H4. The van der Waals surface area contributed by atoms with Gasteiger partial charge in [-0.15, -0.1) is 0 Å². The van der Waals surface area contributed by atoms with E-state index >= 15 is 0 Å². The molecule has 1 heteroatoms. The topological polar surface area (TPSA) is 26.0 Å². The van der Waals surface area contributed by atoms with E-state index in [1.165, 1.54) is 16.3 Å². The van der Waals surface area contributed by atoms with Crippen molar-refractivity contribution in [3.8, 4) is 0 Å². The van der Waals surface area contributed by atoms with Gasteiger partial charge in [-0.05, 0) is 29.7 Å². The van der Waals surface area contributed by atoms with E-state index in [1.807, 2.05) is 6.92 Å². The summed E-state index contributed by atoms with van der Waals surface area (Å²) in [5, 5.41) is 2.59. The fourth-order valence-corrected chi connectivity index (χ4v) is 1.74. The van der Waals surface area contributed by atoms with E-state index in [0.29, 0.717) is 0 Å². The molecule has 1 nitrogen and oxygen atoms in total. The van der Waals surface area contributed by atoms with E-state index in [0.717, 1.165) is 6.42 Å². The lowest BCUT2D eigenvalue weighted by Crippen LogP contribution is -2.17. The van der Waals surface area contributed by atoms with Gasteiger partial charge in [-0.25, -0.2) is 0 Å². The second-order valence-corrected chi connectivity index (χ2v) is 3.86. The number of fused-ring (bicyclic) bond motifs is 1. The normalized spacial score (nSPS) is 12.1. The molecule has 2 aromatic rings. The Hall–Kier alpha value is -1.34. The lowest BCUT2D eigenvalue weighted by Gasteiger charge is -2.06. The summed E-state index contributed by atoms with van der Waals surface area (Å²) in [6, 6.07) is 15.2. The van der Waals surface area contributed by atoms with Gasteiger partial charge in [0.05, 0.1) is 0 Å². The summed E-state index contributed by atoms with van der Waals surface area (Å²) in [6.45, 7) is 2.04. The third-order valence-corrected chi connectivity index (χ3v) is 2.37. The van der Waals surface area contributed by atoms with Crippen LogP contribution in [0.4, 0.5) is 0 Å².